The summed E-state index contributed by atoms with van der Waals surface area (Å²) in [5.41, 5.74) is 0.821. The predicted octanol–water partition coefficient (Wildman–Crippen LogP) is 3.95. The zero-order valence-corrected chi connectivity index (χ0v) is 12.0. The molecule has 0 aliphatic heterocycles. The number of ketones is 1. The Labute approximate surface area is 125 Å². The summed E-state index contributed by atoms with van der Waals surface area (Å²) in [6.45, 7) is 3.03. The molecule has 1 aromatic carbocycles. The number of nitrogens with zero attached hydrogens (tertiary/aromatic N) is 2. The molecule has 0 aliphatic rings. The fourth-order valence-corrected chi connectivity index (χ4v) is 1.90. The molecule has 0 saturated carbocycles. The average molecular weight is 307 g/mol. The fourth-order valence-electron chi connectivity index (χ4n) is 1.69. The Morgan fingerprint density at radius 3 is 2.62 bits per heavy atom. The van der Waals surface area contributed by atoms with Crippen molar-refractivity contribution in [1.29, 1.82) is 0 Å². The topological polar surface area (TPSA) is 82.3 Å². The molecule has 7 heteroatoms. The van der Waals surface area contributed by atoms with E-state index in [-0.39, 0.29) is 22.4 Å². The maximum absolute atomic E-state index is 11.2. The number of rotatable bonds is 4. The highest BCUT2D eigenvalue weighted by Gasteiger charge is 2.13. The number of ether oxygens (including phenoxy) is 1. The first kappa shape index (κ1) is 14.9. The van der Waals surface area contributed by atoms with Gasteiger partial charge in [-0.15, -0.1) is 0 Å². The zero-order valence-electron chi connectivity index (χ0n) is 11.3. The lowest BCUT2D eigenvalue weighted by Gasteiger charge is -2.08. The fraction of sp³-hybridized carbons (Fsp3) is 0.143. The van der Waals surface area contributed by atoms with Crippen LogP contribution in [0.5, 0.6) is 11.6 Å². The van der Waals surface area contributed by atoms with Crippen molar-refractivity contribution >= 4 is 23.1 Å². The highest BCUT2D eigenvalue weighted by Crippen LogP contribution is 2.30. The summed E-state index contributed by atoms with van der Waals surface area (Å²) in [7, 11) is 0. The van der Waals surface area contributed by atoms with Crippen molar-refractivity contribution in [2.45, 2.75) is 13.8 Å². The third kappa shape index (κ3) is 3.35. The second kappa shape index (κ2) is 5.88. The number of carbonyl (C=O) groups is 1. The predicted molar refractivity (Wildman–Crippen MR) is 77.2 cm³/mol. The van der Waals surface area contributed by atoms with Crippen LogP contribution in [0, 0.1) is 17.0 Å². The molecule has 0 saturated heterocycles. The lowest BCUT2D eigenvalue weighted by molar-refractivity contribution is -0.385. The summed E-state index contributed by atoms with van der Waals surface area (Å²) in [5.74, 6) is 0.408. The zero-order chi connectivity index (χ0) is 15.6. The second-order valence-electron chi connectivity index (χ2n) is 4.37. The summed E-state index contributed by atoms with van der Waals surface area (Å²) in [5, 5.41) is 11.0. The van der Waals surface area contributed by atoms with Crippen LogP contribution in [0.4, 0.5) is 5.69 Å². The van der Waals surface area contributed by atoms with Gasteiger partial charge in [0.1, 0.15) is 11.9 Å². The van der Waals surface area contributed by atoms with Gasteiger partial charge in [0, 0.05) is 17.2 Å². The van der Waals surface area contributed by atoms with E-state index in [0.29, 0.717) is 16.9 Å². The number of hydrogen-bond donors (Lipinski definition) is 0. The van der Waals surface area contributed by atoms with E-state index in [1.54, 1.807) is 19.1 Å². The first-order valence-electron chi connectivity index (χ1n) is 5.98. The van der Waals surface area contributed by atoms with Gasteiger partial charge in [0.05, 0.1) is 9.95 Å². The summed E-state index contributed by atoms with van der Waals surface area (Å²) < 4.78 is 5.48. The van der Waals surface area contributed by atoms with Crippen LogP contribution in [0.2, 0.25) is 5.02 Å². The number of benzene rings is 1. The first-order chi connectivity index (χ1) is 9.88. The number of aromatic nitrogens is 1. The molecule has 0 unspecified atom stereocenters. The molecule has 2 rings (SSSR count). The van der Waals surface area contributed by atoms with Gasteiger partial charge in [0.2, 0.25) is 5.88 Å². The van der Waals surface area contributed by atoms with E-state index in [1.165, 1.54) is 19.1 Å². The molecule has 6 nitrogen and oxygen atoms in total. The van der Waals surface area contributed by atoms with Crippen molar-refractivity contribution in [2.24, 2.45) is 0 Å². The Balaban J connectivity index is 2.28. The van der Waals surface area contributed by atoms with E-state index in [4.69, 9.17) is 16.3 Å². The van der Waals surface area contributed by atoms with Gasteiger partial charge in [-0.25, -0.2) is 4.98 Å². The normalized spacial score (nSPS) is 10.2. The Morgan fingerprint density at radius 2 is 2.10 bits per heavy atom. The average Bonchev–Trinajstić information content (AvgIpc) is 2.40. The molecular formula is C14H11ClN2O4. The molecule has 0 spiro atoms. The number of Topliss-reactive ketones (excluding diaryl/α,β-unsaturated/α-hetero) is 1. The molecule has 21 heavy (non-hydrogen) atoms. The third-order valence-corrected chi connectivity index (χ3v) is 3.10. The van der Waals surface area contributed by atoms with E-state index in [2.05, 4.69) is 4.98 Å². The Hall–Kier alpha value is -2.47. The van der Waals surface area contributed by atoms with Crippen LogP contribution in [0.3, 0.4) is 0 Å². The SMILES string of the molecule is CC(=O)c1ccc(Oc2cc(C)c([N+](=O)[O-])cn2)c(Cl)c1. The minimum atomic E-state index is -0.513. The summed E-state index contributed by atoms with van der Waals surface area (Å²) in [6.07, 6.45) is 1.13. The van der Waals surface area contributed by atoms with E-state index in [9.17, 15) is 14.9 Å². The number of hydrogen-bond acceptors (Lipinski definition) is 5. The van der Waals surface area contributed by atoms with Gasteiger partial charge in [0.25, 0.3) is 5.69 Å². The van der Waals surface area contributed by atoms with Crippen LogP contribution in [-0.2, 0) is 0 Å². The van der Waals surface area contributed by atoms with Crippen molar-refractivity contribution in [3.63, 3.8) is 0 Å². The van der Waals surface area contributed by atoms with Gasteiger partial charge in [-0.2, -0.15) is 0 Å². The largest absolute Gasteiger partial charge is 0.437 e. The molecule has 1 aromatic heterocycles. The molecule has 0 atom stereocenters. The van der Waals surface area contributed by atoms with Gasteiger partial charge in [-0.3, -0.25) is 14.9 Å². The number of nitro groups is 1. The highest BCUT2D eigenvalue weighted by molar-refractivity contribution is 6.32. The molecule has 0 bridgehead atoms. The van der Waals surface area contributed by atoms with Crippen molar-refractivity contribution in [3.8, 4) is 11.6 Å². The Morgan fingerprint density at radius 1 is 1.38 bits per heavy atom. The summed E-state index contributed by atoms with van der Waals surface area (Å²) >= 11 is 6.03. The van der Waals surface area contributed by atoms with E-state index in [1.807, 2.05) is 0 Å². The van der Waals surface area contributed by atoms with Gasteiger partial charge in [-0.05, 0) is 32.0 Å². The molecule has 0 aliphatic carbocycles. The molecule has 1 heterocycles. The van der Waals surface area contributed by atoms with E-state index in [0.717, 1.165) is 6.20 Å². The molecular weight excluding hydrogens is 296 g/mol. The number of pyridine rings is 1. The quantitative estimate of drug-likeness (QED) is 0.485. The van der Waals surface area contributed by atoms with Crippen LogP contribution < -0.4 is 4.74 Å². The minimum Gasteiger partial charge on any atom is -0.437 e. The standard InChI is InChI=1S/C14H11ClN2O4/c1-8-5-14(16-7-12(8)17(19)20)21-13-4-3-10(9(2)18)6-11(13)15/h3-7H,1-2H3. The van der Waals surface area contributed by atoms with Crippen LogP contribution in [0.25, 0.3) is 0 Å². The monoisotopic (exact) mass is 306 g/mol. The van der Waals surface area contributed by atoms with Crippen molar-refractivity contribution in [2.75, 3.05) is 0 Å². The Bertz CT molecular complexity index is 731. The number of aryl methyl sites for hydroxylation is 1. The number of carbonyl (C=O) groups excluding carboxylic acids is 1. The molecule has 0 amide bonds. The van der Waals surface area contributed by atoms with Crippen molar-refractivity contribution in [1.82, 2.24) is 4.98 Å². The van der Waals surface area contributed by atoms with Gasteiger partial charge < -0.3 is 4.74 Å². The number of halogens is 1. The van der Waals surface area contributed by atoms with E-state index >= 15 is 0 Å². The highest BCUT2D eigenvalue weighted by atomic mass is 35.5. The van der Waals surface area contributed by atoms with E-state index < -0.39 is 4.92 Å². The third-order valence-electron chi connectivity index (χ3n) is 2.81. The molecule has 0 radical (unpaired) electrons. The summed E-state index contributed by atoms with van der Waals surface area (Å²) in [4.78, 5) is 25.3. The lowest BCUT2D eigenvalue weighted by Crippen LogP contribution is -1.96. The summed E-state index contributed by atoms with van der Waals surface area (Å²) in [6, 6.07) is 6.09. The molecule has 0 N–H and O–H groups in total. The first-order valence-corrected chi connectivity index (χ1v) is 6.35. The second-order valence-corrected chi connectivity index (χ2v) is 4.78. The van der Waals surface area contributed by atoms with Crippen LogP contribution in [0.1, 0.15) is 22.8 Å². The lowest BCUT2D eigenvalue weighted by atomic mass is 10.1. The van der Waals surface area contributed by atoms with Gasteiger partial charge in [-0.1, -0.05) is 11.6 Å². The van der Waals surface area contributed by atoms with Crippen molar-refractivity contribution in [3.05, 3.63) is 56.7 Å². The van der Waals surface area contributed by atoms with Crippen LogP contribution >= 0.6 is 11.6 Å². The van der Waals surface area contributed by atoms with Crippen LogP contribution in [0.15, 0.2) is 30.5 Å². The van der Waals surface area contributed by atoms with Gasteiger partial charge >= 0.3 is 0 Å². The maximum Gasteiger partial charge on any atom is 0.290 e. The van der Waals surface area contributed by atoms with Crippen LogP contribution in [-0.4, -0.2) is 15.7 Å². The van der Waals surface area contributed by atoms with Gasteiger partial charge in [0.15, 0.2) is 5.78 Å². The molecule has 0 fully saturated rings. The minimum absolute atomic E-state index is 0.0830. The molecule has 2 aromatic rings. The smallest absolute Gasteiger partial charge is 0.290 e. The van der Waals surface area contributed by atoms with Crippen molar-refractivity contribution < 1.29 is 14.5 Å². The maximum atomic E-state index is 11.2. The Kier molecular flexibility index (Phi) is 4.18. The molecule has 108 valence electrons.